The Bertz CT molecular complexity index is 1160. The Labute approximate surface area is 216 Å². The minimum Gasteiger partial charge on any atom is -0.463 e. The van der Waals surface area contributed by atoms with E-state index in [1.807, 2.05) is 0 Å². The molecule has 1 unspecified atom stereocenters. The number of carbonyl (C=O) groups excluding carboxylic acids is 2. The molecular formula is C22H29ClN4O6S2. The molecule has 5 N–H and O–H groups in total. The van der Waals surface area contributed by atoms with Crippen LogP contribution in [-0.4, -0.2) is 51.5 Å². The fourth-order valence-electron chi connectivity index (χ4n) is 3.47. The quantitative estimate of drug-likeness (QED) is 0.195. The second-order valence-electron chi connectivity index (χ2n) is 7.31. The van der Waals surface area contributed by atoms with Gasteiger partial charge in [0, 0.05) is 17.1 Å². The summed E-state index contributed by atoms with van der Waals surface area (Å²) in [5.74, 6) is -2.26. The normalized spacial score (nSPS) is 15.3. The van der Waals surface area contributed by atoms with Crippen LogP contribution in [0.3, 0.4) is 0 Å². The molecule has 2 rings (SSSR count). The van der Waals surface area contributed by atoms with Gasteiger partial charge in [-0.2, -0.15) is 0 Å². The highest BCUT2D eigenvalue weighted by atomic mass is 35.5. The van der Waals surface area contributed by atoms with Crippen molar-refractivity contribution < 1.29 is 27.5 Å². The van der Waals surface area contributed by atoms with Gasteiger partial charge in [0.05, 0.1) is 36.5 Å². The molecule has 10 nitrogen and oxygen atoms in total. The summed E-state index contributed by atoms with van der Waals surface area (Å²) in [5, 5.41) is 5.88. The number of nitrogens with two attached hydrogens (primary N) is 1. The zero-order valence-corrected chi connectivity index (χ0v) is 22.0. The molecule has 0 radical (unpaired) electrons. The van der Waals surface area contributed by atoms with Crippen molar-refractivity contribution >= 4 is 57.4 Å². The van der Waals surface area contributed by atoms with Gasteiger partial charge < -0.3 is 25.8 Å². The Morgan fingerprint density at radius 1 is 1.26 bits per heavy atom. The topological polar surface area (TPSA) is 149 Å². The molecule has 1 aromatic rings. The van der Waals surface area contributed by atoms with E-state index in [4.69, 9.17) is 27.4 Å². The van der Waals surface area contributed by atoms with E-state index in [0.29, 0.717) is 17.0 Å². The molecule has 0 spiro atoms. The predicted octanol–water partition coefficient (Wildman–Crippen LogP) is 1.82. The van der Waals surface area contributed by atoms with E-state index in [2.05, 4.69) is 21.9 Å². The molecule has 0 bridgehead atoms. The van der Waals surface area contributed by atoms with Crippen LogP contribution >= 0.6 is 24.6 Å². The van der Waals surface area contributed by atoms with Crippen LogP contribution in [0.1, 0.15) is 25.3 Å². The number of benzene rings is 1. The summed E-state index contributed by atoms with van der Waals surface area (Å²) in [6, 6.07) is 6.39. The number of hydrogen-bond donors (Lipinski definition) is 4. The van der Waals surface area contributed by atoms with Crippen molar-refractivity contribution in [1.82, 2.24) is 10.6 Å². The summed E-state index contributed by atoms with van der Waals surface area (Å²) in [6.45, 7) is 7.00. The van der Waals surface area contributed by atoms with Crippen LogP contribution in [-0.2, 0) is 29.1 Å². The minimum absolute atomic E-state index is 0. The Morgan fingerprint density at radius 2 is 1.91 bits per heavy atom. The Morgan fingerprint density at radius 3 is 2.49 bits per heavy atom. The van der Waals surface area contributed by atoms with Crippen molar-refractivity contribution in [3.63, 3.8) is 0 Å². The van der Waals surface area contributed by atoms with Gasteiger partial charge in [-0.15, -0.1) is 12.4 Å². The van der Waals surface area contributed by atoms with Crippen LogP contribution in [0.4, 0.5) is 5.69 Å². The SMILES string of the molecule is C=CCOC(=O)C1=C(C)NC(CNC(N)=S)=C(C(=O)OCC)C1c1cccc(NS(C)(=O)=O)c1.Cl. The van der Waals surface area contributed by atoms with Gasteiger partial charge in [0.15, 0.2) is 5.11 Å². The second kappa shape index (κ2) is 13.1. The van der Waals surface area contributed by atoms with Gasteiger partial charge in [0.25, 0.3) is 0 Å². The number of carbonyl (C=O) groups is 2. The van der Waals surface area contributed by atoms with Crippen LogP contribution < -0.4 is 21.1 Å². The lowest BCUT2D eigenvalue weighted by molar-refractivity contribution is -0.139. The van der Waals surface area contributed by atoms with Crippen LogP contribution in [0.2, 0.25) is 0 Å². The number of halogens is 1. The lowest BCUT2D eigenvalue weighted by Crippen LogP contribution is -2.39. The van der Waals surface area contributed by atoms with Crippen LogP contribution in [0.15, 0.2) is 59.5 Å². The highest BCUT2D eigenvalue weighted by Crippen LogP contribution is 2.40. The van der Waals surface area contributed by atoms with E-state index in [-0.39, 0.29) is 54.1 Å². The molecule has 1 atom stereocenters. The lowest BCUT2D eigenvalue weighted by Gasteiger charge is -2.32. The predicted molar refractivity (Wildman–Crippen MR) is 140 cm³/mol. The molecule has 0 saturated carbocycles. The van der Waals surface area contributed by atoms with E-state index in [1.54, 1.807) is 38.1 Å². The van der Waals surface area contributed by atoms with E-state index in [0.717, 1.165) is 6.26 Å². The van der Waals surface area contributed by atoms with Crippen molar-refractivity contribution in [3.05, 3.63) is 65.0 Å². The van der Waals surface area contributed by atoms with Crippen molar-refractivity contribution in [1.29, 1.82) is 0 Å². The molecule has 1 heterocycles. The van der Waals surface area contributed by atoms with Crippen molar-refractivity contribution in [2.75, 3.05) is 30.7 Å². The Kier molecular flexibility index (Phi) is 11.2. The Balaban J connectivity index is 0.00000612. The van der Waals surface area contributed by atoms with Crippen LogP contribution in [0, 0.1) is 0 Å². The zero-order chi connectivity index (χ0) is 25.5. The number of esters is 2. The molecule has 1 aromatic carbocycles. The first-order valence-corrected chi connectivity index (χ1v) is 12.6. The maximum Gasteiger partial charge on any atom is 0.337 e. The molecule has 0 amide bonds. The number of anilines is 1. The van der Waals surface area contributed by atoms with Gasteiger partial charge in [0.2, 0.25) is 10.0 Å². The number of thiocarbonyl (C=S) groups is 1. The number of hydrogen-bond acceptors (Lipinski definition) is 8. The highest BCUT2D eigenvalue weighted by Gasteiger charge is 2.39. The number of sulfonamides is 1. The molecule has 0 saturated heterocycles. The van der Waals surface area contributed by atoms with Gasteiger partial charge in [-0.25, -0.2) is 18.0 Å². The van der Waals surface area contributed by atoms with Gasteiger partial charge in [-0.3, -0.25) is 4.72 Å². The first-order valence-electron chi connectivity index (χ1n) is 10.3. The molecular weight excluding hydrogens is 516 g/mol. The van der Waals surface area contributed by atoms with Crippen molar-refractivity contribution in [2.45, 2.75) is 19.8 Å². The van der Waals surface area contributed by atoms with Gasteiger partial charge in [-0.1, -0.05) is 24.8 Å². The molecule has 0 fully saturated rings. The second-order valence-corrected chi connectivity index (χ2v) is 9.50. The summed E-state index contributed by atoms with van der Waals surface area (Å²) >= 11 is 4.89. The van der Waals surface area contributed by atoms with E-state index >= 15 is 0 Å². The maximum atomic E-state index is 13.1. The lowest BCUT2D eigenvalue weighted by atomic mass is 9.80. The molecule has 13 heteroatoms. The van der Waals surface area contributed by atoms with E-state index in [9.17, 15) is 18.0 Å². The third-order valence-corrected chi connectivity index (χ3v) is 5.41. The maximum absolute atomic E-state index is 13.1. The van der Waals surface area contributed by atoms with Crippen molar-refractivity contribution in [3.8, 4) is 0 Å². The van der Waals surface area contributed by atoms with Gasteiger partial charge in [0.1, 0.15) is 6.61 Å². The summed E-state index contributed by atoms with van der Waals surface area (Å²) in [4.78, 5) is 26.2. The molecule has 0 aromatic heterocycles. The smallest absolute Gasteiger partial charge is 0.337 e. The standard InChI is InChI=1S/C22H28N4O6S2.ClH/c1-5-10-32-20(27)17-13(3)25-16(12-24-22(23)33)19(21(28)31-6-2)18(17)14-8-7-9-15(11-14)26-34(4,29)30;/h5,7-9,11,18,25-26H,1,6,10,12H2,2-4H3,(H3,23,24,33);1H. The third-order valence-electron chi connectivity index (χ3n) is 4.66. The first-order chi connectivity index (χ1) is 16.0. The minimum atomic E-state index is -3.56. The molecule has 35 heavy (non-hydrogen) atoms. The van der Waals surface area contributed by atoms with E-state index in [1.165, 1.54) is 6.08 Å². The average molecular weight is 545 g/mol. The summed E-state index contributed by atoms with van der Waals surface area (Å²) in [5.41, 5.74) is 7.45. The largest absolute Gasteiger partial charge is 0.463 e. The zero-order valence-electron chi connectivity index (χ0n) is 19.5. The first kappa shape index (κ1) is 29.9. The molecule has 192 valence electrons. The molecule has 1 aliphatic heterocycles. The summed E-state index contributed by atoms with van der Waals surface area (Å²) in [7, 11) is -3.56. The number of nitrogens with one attached hydrogen (secondary N) is 3. The number of rotatable bonds is 10. The van der Waals surface area contributed by atoms with Crippen LogP contribution in [0.5, 0.6) is 0 Å². The summed E-state index contributed by atoms with van der Waals surface area (Å²) in [6.07, 6.45) is 2.45. The summed E-state index contributed by atoms with van der Waals surface area (Å²) < 4.78 is 36.5. The average Bonchev–Trinajstić information content (AvgIpc) is 2.74. The Hall–Kier alpha value is -3.09. The number of allylic oxidation sites excluding steroid dienone is 1. The van der Waals surface area contributed by atoms with Crippen molar-refractivity contribution in [2.24, 2.45) is 5.73 Å². The third kappa shape index (κ3) is 8.26. The monoisotopic (exact) mass is 544 g/mol. The molecule has 1 aliphatic rings. The number of dihydropyridines is 1. The highest BCUT2D eigenvalue weighted by molar-refractivity contribution is 7.92. The van der Waals surface area contributed by atoms with Gasteiger partial charge in [-0.05, 0) is 43.8 Å². The van der Waals surface area contributed by atoms with Gasteiger partial charge >= 0.3 is 11.9 Å². The fraction of sp³-hybridized carbons (Fsp3) is 0.318. The fourth-order valence-corrected chi connectivity index (χ4v) is 4.10. The van der Waals surface area contributed by atoms with E-state index < -0.39 is 27.9 Å². The number of ether oxygens (including phenoxy) is 2. The van der Waals surface area contributed by atoms with Crippen LogP contribution in [0.25, 0.3) is 0 Å². The molecule has 0 aliphatic carbocycles.